The molecule has 1 fully saturated rings. The fraction of sp³-hybridized carbons (Fsp3) is 0.529. The van der Waals surface area contributed by atoms with E-state index in [2.05, 4.69) is 21.5 Å². The molecule has 1 aliphatic rings. The fourth-order valence-corrected chi connectivity index (χ4v) is 3.43. The van der Waals surface area contributed by atoms with Crippen molar-refractivity contribution in [2.75, 3.05) is 5.73 Å². The number of pyridine rings is 1. The van der Waals surface area contributed by atoms with Crippen molar-refractivity contribution < 1.29 is 0 Å². The Bertz CT molecular complexity index is 582. The van der Waals surface area contributed by atoms with Gasteiger partial charge in [0.15, 0.2) is 0 Å². The van der Waals surface area contributed by atoms with Crippen LogP contribution in [-0.2, 0) is 6.54 Å². The maximum Gasteiger partial charge on any atom is 0.132 e. The Morgan fingerprint density at radius 3 is 2.71 bits per heavy atom. The molecule has 2 N–H and O–H groups in total. The normalized spacial score (nSPS) is 22.3. The second kappa shape index (κ2) is 6.29. The molecule has 1 saturated carbocycles. The molecule has 112 valence electrons. The van der Waals surface area contributed by atoms with E-state index in [9.17, 15) is 0 Å². The van der Waals surface area contributed by atoms with Crippen molar-refractivity contribution in [2.45, 2.75) is 45.6 Å². The summed E-state index contributed by atoms with van der Waals surface area (Å²) < 4.78 is 2.24. The molecule has 0 saturated heterocycles. The van der Waals surface area contributed by atoms with E-state index < -0.39 is 0 Å². The van der Waals surface area contributed by atoms with Crippen LogP contribution in [0.2, 0.25) is 0 Å². The lowest BCUT2D eigenvalue weighted by atomic mass is 9.81. The number of nitrogens with two attached hydrogens (primary N) is 1. The average Bonchev–Trinajstić information content (AvgIpc) is 2.96. The summed E-state index contributed by atoms with van der Waals surface area (Å²) in [7, 11) is 0. The largest absolute Gasteiger partial charge is 0.383 e. The summed E-state index contributed by atoms with van der Waals surface area (Å²) in [5.74, 6) is 2.28. The standard InChI is InChI=1S/C17H24N4/c1-2-13-5-7-14(8-6-13)11-21-12-19-10-16(21)15-4-3-9-20-17(15)18/h3-4,9-10,12-14H,2,5-8,11H2,1H3,(H2,18,20). The van der Waals surface area contributed by atoms with Gasteiger partial charge in [0.1, 0.15) is 5.82 Å². The van der Waals surface area contributed by atoms with Crippen LogP contribution in [0, 0.1) is 11.8 Å². The van der Waals surface area contributed by atoms with Gasteiger partial charge in [-0.3, -0.25) is 0 Å². The number of anilines is 1. The monoisotopic (exact) mass is 284 g/mol. The minimum absolute atomic E-state index is 0.578. The van der Waals surface area contributed by atoms with Crippen molar-refractivity contribution in [1.29, 1.82) is 0 Å². The van der Waals surface area contributed by atoms with Crippen molar-refractivity contribution in [3.63, 3.8) is 0 Å². The number of rotatable bonds is 4. The Morgan fingerprint density at radius 1 is 1.24 bits per heavy atom. The van der Waals surface area contributed by atoms with Crippen molar-refractivity contribution in [3.05, 3.63) is 30.9 Å². The quantitative estimate of drug-likeness (QED) is 0.930. The topological polar surface area (TPSA) is 56.7 Å². The van der Waals surface area contributed by atoms with Gasteiger partial charge in [-0.15, -0.1) is 0 Å². The molecule has 0 aromatic carbocycles. The minimum atomic E-state index is 0.578. The molecule has 0 radical (unpaired) electrons. The van der Waals surface area contributed by atoms with E-state index in [0.717, 1.165) is 29.6 Å². The molecule has 0 spiro atoms. The zero-order valence-corrected chi connectivity index (χ0v) is 12.7. The predicted octanol–water partition coefficient (Wildman–Crippen LogP) is 3.74. The number of aromatic nitrogens is 3. The van der Waals surface area contributed by atoms with Gasteiger partial charge in [0.2, 0.25) is 0 Å². The van der Waals surface area contributed by atoms with Gasteiger partial charge in [-0.2, -0.15) is 0 Å². The number of imidazole rings is 1. The summed E-state index contributed by atoms with van der Waals surface area (Å²) in [5, 5.41) is 0. The Kier molecular flexibility index (Phi) is 4.23. The van der Waals surface area contributed by atoms with Crippen LogP contribution in [0.15, 0.2) is 30.9 Å². The van der Waals surface area contributed by atoms with Crippen LogP contribution >= 0.6 is 0 Å². The Balaban J connectivity index is 1.73. The van der Waals surface area contributed by atoms with E-state index in [1.807, 2.05) is 24.7 Å². The molecule has 2 aromatic rings. The van der Waals surface area contributed by atoms with Crippen molar-refractivity contribution in [2.24, 2.45) is 11.8 Å². The van der Waals surface area contributed by atoms with Gasteiger partial charge < -0.3 is 10.3 Å². The van der Waals surface area contributed by atoms with Gasteiger partial charge in [0.05, 0.1) is 18.2 Å². The second-order valence-electron chi connectivity index (χ2n) is 6.16. The zero-order chi connectivity index (χ0) is 14.7. The second-order valence-corrected chi connectivity index (χ2v) is 6.16. The highest BCUT2D eigenvalue weighted by atomic mass is 15.1. The van der Waals surface area contributed by atoms with Gasteiger partial charge >= 0.3 is 0 Å². The van der Waals surface area contributed by atoms with E-state index in [0.29, 0.717) is 5.82 Å². The van der Waals surface area contributed by atoms with E-state index in [4.69, 9.17) is 5.73 Å². The summed E-state index contributed by atoms with van der Waals surface area (Å²) in [6.45, 7) is 3.35. The Morgan fingerprint density at radius 2 is 2.00 bits per heavy atom. The molecule has 0 unspecified atom stereocenters. The van der Waals surface area contributed by atoms with Crippen molar-refractivity contribution >= 4 is 5.82 Å². The third-order valence-electron chi connectivity index (χ3n) is 4.83. The van der Waals surface area contributed by atoms with Gasteiger partial charge in [-0.25, -0.2) is 9.97 Å². The van der Waals surface area contributed by atoms with E-state index in [1.54, 1.807) is 6.20 Å². The molecule has 4 heteroatoms. The first-order valence-electron chi connectivity index (χ1n) is 7.99. The van der Waals surface area contributed by atoms with Crippen LogP contribution < -0.4 is 5.73 Å². The van der Waals surface area contributed by atoms with Crippen LogP contribution in [0.4, 0.5) is 5.82 Å². The number of hydrogen-bond donors (Lipinski definition) is 1. The lowest BCUT2D eigenvalue weighted by Crippen LogP contribution is -2.18. The molecule has 0 atom stereocenters. The van der Waals surface area contributed by atoms with Crippen LogP contribution in [0.1, 0.15) is 39.0 Å². The summed E-state index contributed by atoms with van der Waals surface area (Å²) >= 11 is 0. The molecule has 2 aromatic heterocycles. The highest BCUT2D eigenvalue weighted by molar-refractivity contribution is 5.70. The third kappa shape index (κ3) is 3.09. The van der Waals surface area contributed by atoms with Gasteiger partial charge in [0.25, 0.3) is 0 Å². The maximum atomic E-state index is 6.00. The third-order valence-corrected chi connectivity index (χ3v) is 4.83. The van der Waals surface area contributed by atoms with Gasteiger partial charge in [0, 0.05) is 18.3 Å². The summed E-state index contributed by atoms with van der Waals surface area (Å²) in [6, 6.07) is 3.94. The lowest BCUT2D eigenvalue weighted by molar-refractivity contribution is 0.248. The van der Waals surface area contributed by atoms with Crippen LogP contribution in [0.3, 0.4) is 0 Å². The number of nitrogen functional groups attached to an aromatic ring is 1. The van der Waals surface area contributed by atoms with E-state index >= 15 is 0 Å². The van der Waals surface area contributed by atoms with E-state index in [1.165, 1.54) is 32.1 Å². The zero-order valence-electron chi connectivity index (χ0n) is 12.7. The number of nitrogens with zero attached hydrogens (tertiary/aromatic N) is 3. The molecular formula is C17H24N4. The molecule has 4 nitrogen and oxygen atoms in total. The molecular weight excluding hydrogens is 260 g/mol. The van der Waals surface area contributed by atoms with Gasteiger partial charge in [-0.05, 0) is 36.8 Å². The first-order chi connectivity index (χ1) is 10.3. The molecule has 21 heavy (non-hydrogen) atoms. The van der Waals surface area contributed by atoms with Crippen LogP contribution in [0.5, 0.6) is 0 Å². The van der Waals surface area contributed by atoms with E-state index in [-0.39, 0.29) is 0 Å². The first-order valence-corrected chi connectivity index (χ1v) is 7.99. The minimum Gasteiger partial charge on any atom is -0.383 e. The van der Waals surface area contributed by atoms with Gasteiger partial charge in [-0.1, -0.05) is 26.2 Å². The first kappa shape index (κ1) is 14.1. The summed E-state index contributed by atoms with van der Waals surface area (Å²) in [4.78, 5) is 8.50. The SMILES string of the molecule is CCC1CCC(Cn2cncc2-c2cccnc2N)CC1. The van der Waals surface area contributed by atoms with Crippen molar-refractivity contribution in [1.82, 2.24) is 14.5 Å². The number of hydrogen-bond acceptors (Lipinski definition) is 3. The highest BCUT2D eigenvalue weighted by Gasteiger charge is 2.21. The smallest absolute Gasteiger partial charge is 0.132 e. The lowest BCUT2D eigenvalue weighted by Gasteiger charge is -2.28. The molecule has 1 aliphatic carbocycles. The average molecular weight is 284 g/mol. The molecule has 3 rings (SSSR count). The van der Waals surface area contributed by atoms with Crippen LogP contribution in [0.25, 0.3) is 11.3 Å². The molecule has 0 bridgehead atoms. The Hall–Kier alpha value is -1.84. The predicted molar refractivity (Wildman–Crippen MR) is 85.6 cm³/mol. The molecule has 2 heterocycles. The molecule has 0 aliphatic heterocycles. The maximum absolute atomic E-state index is 6.00. The highest BCUT2D eigenvalue weighted by Crippen LogP contribution is 2.33. The Labute approximate surface area is 126 Å². The molecule has 0 amide bonds. The summed E-state index contributed by atoms with van der Waals surface area (Å²) in [5.41, 5.74) is 8.06. The fourth-order valence-electron chi connectivity index (χ4n) is 3.43. The van der Waals surface area contributed by atoms with Crippen molar-refractivity contribution in [3.8, 4) is 11.3 Å². The summed E-state index contributed by atoms with van der Waals surface area (Å²) in [6.07, 6.45) is 12.3. The van der Waals surface area contributed by atoms with Crippen LogP contribution in [-0.4, -0.2) is 14.5 Å².